The molecule has 0 radical (unpaired) electrons. The van der Waals surface area contributed by atoms with E-state index >= 15 is 0 Å². The summed E-state index contributed by atoms with van der Waals surface area (Å²) in [5, 5.41) is 8.80. The van der Waals surface area contributed by atoms with Crippen LogP contribution in [0.5, 0.6) is 0 Å². The van der Waals surface area contributed by atoms with Gasteiger partial charge in [0.2, 0.25) is 10.0 Å². The molecule has 0 amide bonds. The molecule has 0 unspecified atom stereocenters. The van der Waals surface area contributed by atoms with Crippen LogP contribution in [-0.4, -0.2) is 56.3 Å². The molecule has 0 saturated carbocycles. The first-order valence-corrected chi connectivity index (χ1v) is 11.3. The first-order chi connectivity index (χ1) is 11.5. The van der Waals surface area contributed by atoms with Crippen LogP contribution in [0.1, 0.15) is 30.4 Å². The van der Waals surface area contributed by atoms with Gasteiger partial charge in [0.1, 0.15) is 0 Å². The molecule has 1 saturated heterocycles. The summed E-state index contributed by atoms with van der Waals surface area (Å²) in [7, 11) is -7.16. The topological polar surface area (TPSA) is 109 Å². The number of carboxylic acids is 1. The van der Waals surface area contributed by atoms with Gasteiger partial charge in [-0.3, -0.25) is 4.79 Å². The second kappa shape index (κ2) is 7.43. The van der Waals surface area contributed by atoms with Gasteiger partial charge in [-0.2, -0.15) is 4.31 Å². The number of aryl methyl sites for hydroxylation is 2. The van der Waals surface area contributed by atoms with Crippen LogP contribution in [0.2, 0.25) is 0 Å². The molecule has 1 aliphatic rings. The predicted molar refractivity (Wildman–Crippen MR) is 93.7 cm³/mol. The van der Waals surface area contributed by atoms with Crippen LogP contribution < -0.4 is 0 Å². The number of sulfonamides is 1. The number of hydrogen-bond acceptors (Lipinski definition) is 5. The van der Waals surface area contributed by atoms with E-state index in [4.69, 9.17) is 5.11 Å². The molecule has 0 aliphatic carbocycles. The van der Waals surface area contributed by atoms with E-state index in [0.717, 1.165) is 11.1 Å². The predicted octanol–water partition coefficient (Wildman–Crippen LogP) is 1.35. The summed E-state index contributed by atoms with van der Waals surface area (Å²) >= 11 is 0. The molecule has 1 aliphatic heterocycles. The largest absolute Gasteiger partial charge is 0.481 e. The number of rotatable bonds is 7. The SMILES string of the molecule is Cc1ccc(S(=O)(=O)N(CCCC(=O)O)[C@H]2CCS(=O)(=O)C2)cc1C. The molecule has 25 heavy (non-hydrogen) atoms. The summed E-state index contributed by atoms with van der Waals surface area (Å²) in [6.07, 6.45) is 0.202. The molecular formula is C16H23NO6S2. The van der Waals surface area contributed by atoms with Crippen LogP contribution in [-0.2, 0) is 24.7 Å². The Morgan fingerprint density at radius 1 is 1.28 bits per heavy atom. The van der Waals surface area contributed by atoms with Gasteiger partial charge in [0, 0.05) is 19.0 Å². The van der Waals surface area contributed by atoms with E-state index in [9.17, 15) is 21.6 Å². The number of carbonyl (C=O) groups is 1. The van der Waals surface area contributed by atoms with Crippen molar-refractivity contribution in [2.24, 2.45) is 0 Å². The Kier molecular flexibility index (Phi) is 5.90. The van der Waals surface area contributed by atoms with Gasteiger partial charge in [0.15, 0.2) is 9.84 Å². The van der Waals surface area contributed by atoms with Crippen molar-refractivity contribution in [3.63, 3.8) is 0 Å². The summed E-state index contributed by atoms with van der Waals surface area (Å²) in [6.45, 7) is 3.67. The van der Waals surface area contributed by atoms with E-state index in [-0.39, 0.29) is 42.2 Å². The van der Waals surface area contributed by atoms with Crippen molar-refractivity contribution in [1.82, 2.24) is 4.31 Å². The maximum Gasteiger partial charge on any atom is 0.303 e. The average molecular weight is 389 g/mol. The van der Waals surface area contributed by atoms with Crippen LogP contribution in [0.3, 0.4) is 0 Å². The van der Waals surface area contributed by atoms with Crippen LogP contribution >= 0.6 is 0 Å². The molecule has 0 bridgehead atoms. The number of nitrogens with zero attached hydrogens (tertiary/aromatic N) is 1. The average Bonchev–Trinajstić information content (AvgIpc) is 2.85. The third-order valence-corrected chi connectivity index (χ3v) is 8.17. The first-order valence-electron chi connectivity index (χ1n) is 8.04. The summed E-state index contributed by atoms with van der Waals surface area (Å²) in [5.74, 6) is -1.28. The molecule has 0 aromatic heterocycles. The molecule has 9 heteroatoms. The van der Waals surface area contributed by atoms with E-state index < -0.39 is 31.9 Å². The summed E-state index contributed by atoms with van der Waals surface area (Å²) < 4.78 is 50.8. The Balaban J connectivity index is 2.35. The van der Waals surface area contributed by atoms with Gasteiger partial charge in [0.05, 0.1) is 16.4 Å². The van der Waals surface area contributed by atoms with Crippen LogP contribution in [0.25, 0.3) is 0 Å². The number of hydrogen-bond donors (Lipinski definition) is 1. The summed E-state index contributed by atoms with van der Waals surface area (Å²) in [4.78, 5) is 10.8. The number of aliphatic carboxylic acids is 1. The highest BCUT2D eigenvalue weighted by Crippen LogP contribution is 2.26. The Morgan fingerprint density at radius 2 is 1.96 bits per heavy atom. The second-order valence-corrected chi connectivity index (χ2v) is 10.5. The lowest BCUT2D eigenvalue weighted by Crippen LogP contribution is -2.41. The molecule has 1 fully saturated rings. The van der Waals surface area contributed by atoms with Crippen molar-refractivity contribution < 1.29 is 26.7 Å². The molecule has 7 nitrogen and oxygen atoms in total. The fraction of sp³-hybridized carbons (Fsp3) is 0.562. The number of carboxylic acid groups (broad SMARTS) is 1. The molecule has 1 heterocycles. The smallest absolute Gasteiger partial charge is 0.303 e. The highest BCUT2D eigenvalue weighted by atomic mass is 32.2. The van der Waals surface area contributed by atoms with Crippen molar-refractivity contribution in [2.45, 2.75) is 44.0 Å². The fourth-order valence-electron chi connectivity index (χ4n) is 2.90. The highest BCUT2D eigenvalue weighted by Gasteiger charge is 2.38. The highest BCUT2D eigenvalue weighted by molar-refractivity contribution is 7.92. The third-order valence-electron chi connectivity index (χ3n) is 4.47. The van der Waals surface area contributed by atoms with Crippen LogP contribution in [0.15, 0.2) is 23.1 Å². The van der Waals surface area contributed by atoms with Gasteiger partial charge in [-0.15, -0.1) is 0 Å². The number of benzene rings is 1. The third kappa shape index (κ3) is 4.80. The lowest BCUT2D eigenvalue weighted by atomic mass is 10.1. The lowest BCUT2D eigenvalue weighted by Gasteiger charge is -2.27. The van der Waals surface area contributed by atoms with Gasteiger partial charge in [-0.25, -0.2) is 16.8 Å². The minimum absolute atomic E-state index is 0.0122. The molecule has 140 valence electrons. The van der Waals surface area contributed by atoms with E-state index in [1.807, 2.05) is 13.8 Å². The quantitative estimate of drug-likeness (QED) is 0.754. The van der Waals surface area contributed by atoms with Crippen molar-refractivity contribution in [1.29, 1.82) is 0 Å². The van der Waals surface area contributed by atoms with E-state index in [1.54, 1.807) is 12.1 Å². The molecule has 2 rings (SSSR count). The Bertz CT molecular complexity index is 861. The maximum atomic E-state index is 13.1. The van der Waals surface area contributed by atoms with E-state index in [0.29, 0.717) is 0 Å². The fourth-order valence-corrected chi connectivity index (χ4v) is 6.50. The van der Waals surface area contributed by atoms with Crippen molar-refractivity contribution in [2.75, 3.05) is 18.1 Å². The van der Waals surface area contributed by atoms with Crippen molar-refractivity contribution >= 4 is 25.8 Å². The Labute approximate surface area is 148 Å². The Morgan fingerprint density at radius 3 is 2.48 bits per heavy atom. The minimum Gasteiger partial charge on any atom is -0.481 e. The standard InChI is InChI=1S/C16H23NO6S2/c1-12-5-6-15(10-13(12)2)25(22,23)17(8-3-4-16(18)19)14-7-9-24(20,21)11-14/h5-6,10,14H,3-4,7-9,11H2,1-2H3,(H,18,19)/t14-/m0/s1. The van der Waals surface area contributed by atoms with Crippen molar-refractivity contribution in [3.05, 3.63) is 29.3 Å². The lowest BCUT2D eigenvalue weighted by molar-refractivity contribution is -0.137. The summed E-state index contributed by atoms with van der Waals surface area (Å²) in [6, 6.07) is 4.14. The minimum atomic E-state index is -3.90. The maximum absolute atomic E-state index is 13.1. The van der Waals surface area contributed by atoms with Crippen LogP contribution in [0.4, 0.5) is 0 Å². The van der Waals surface area contributed by atoms with Crippen molar-refractivity contribution in [3.8, 4) is 0 Å². The molecule has 1 aromatic carbocycles. The zero-order valence-electron chi connectivity index (χ0n) is 14.3. The first kappa shape index (κ1) is 19.9. The zero-order valence-corrected chi connectivity index (χ0v) is 15.9. The molecule has 1 aromatic rings. The molecular weight excluding hydrogens is 366 g/mol. The van der Waals surface area contributed by atoms with E-state index in [2.05, 4.69) is 0 Å². The molecule has 1 atom stereocenters. The molecule has 0 spiro atoms. The van der Waals surface area contributed by atoms with Crippen LogP contribution in [0, 0.1) is 13.8 Å². The molecule has 1 N–H and O–H groups in total. The van der Waals surface area contributed by atoms with Gasteiger partial charge >= 0.3 is 5.97 Å². The zero-order chi connectivity index (χ0) is 18.8. The summed E-state index contributed by atoms with van der Waals surface area (Å²) in [5.41, 5.74) is 1.78. The second-order valence-electron chi connectivity index (χ2n) is 6.42. The van der Waals surface area contributed by atoms with Gasteiger partial charge in [-0.1, -0.05) is 6.07 Å². The Hall–Kier alpha value is -1.45. The monoisotopic (exact) mass is 389 g/mol. The van der Waals surface area contributed by atoms with Gasteiger partial charge < -0.3 is 5.11 Å². The normalized spacial score (nSPS) is 20.0. The number of sulfone groups is 1. The van der Waals surface area contributed by atoms with E-state index in [1.165, 1.54) is 10.4 Å². The van der Waals surface area contributed by atoms with Gasteiger partial charge in [-0.05, 0) is 49.9 Å². The van der Waals surface area contributed by atoms with Gasteiger partial charge in [0.25, 0.3) is 0 Å².